The van der Waals surface area contributed by atoms with E-state index in [1.54, 1.807) is 38.1 Å². The Labute approximate surface area is 203 Å². The third kappa shape index (κ3) is 5.46. The van der Waals surface area contributed by atoms with Crippen LogP contribution in [0.3, 0.4) is 0 Å². The monoisotopic (exact) mass is 501 g/mol. The first kappa shape index (κ1) is 24.6. The van der Waals surface area contributed by atoms with Crippen molar-refractivity contribution in [3.05, 3.63) is 68.1 Å². The number of aromatic nitrogens is 2. The van der Waals surface area contributed by atoms with Crippen molar-refractivity contribution < 1.29 is 19.1 Å². The smallest absolute Gasteiger partial charge is 0.414 e. The molecule has 2 amide bonds. The number of nitrogens with one attached hydrogen (secondary N) is 3. The Morgan fingerprint density at radius 3 is 2.62 bits per heavy atom. The van der Waals surface area contributed by atoms with Gasteiger partial charge in [-0.3, -0.25) is 14.9 Å². The first-order valence-corrected chi connectivity index (χ1v) is 10.5. The Morgan fingerprint density at radius 1 is 1.26 bits per heavy atom. The molecular formula is C22H17Cl2N5O5. The van der Waals surface area contributed by atoms with Crippen molar-refractivity contribution >= 4 is 51.7 Å². The van der Waals surface area contributed by atoms with E-state index in [9.17, 15) is 19.6 Å². The molecule has 0 unspecified atom stereocenters. The summed E-state index contributed by atoms with van der Waals surface area (Å²) in [7, 11) is 0. The lowest BCUT2D eigenvalue weighted by Gasteiger charge is -2.12. The first-order chi connectivity index (χ1) is 16.2. The predicted molar refractivity (Wildman–Crippen MR) is 126 cm³/mol. The van der Waals surface area contributed by atoms with Crippen LogP contribution in [-0.2, 0) is 9.53 Å². The molecule has 174 valence electrons. The standard InChI is InChI=1S/C22H17Cl2N5O5/c1-3-33-22(32)27-19(30)12(9-25)10-26-13-7-15(23)18(16(24)8-13)34-21-14-6-4-5-11(2)17(14)20(31)28-29-21/h4-8,10,26H,3H2,1-2H3,(H,28,31)(H,27,30,32)/b12-10-. The molecule has 0 atom stereocenters. The first-order valence-electron chi connectivity index (χ1n) is 9.75. The average Bonchev–Trinajstić information content (AvgIpc) is 2.78. The average molecular weight is 502 g/mol. The molecule has 3 rings (SSSR count). The van der Waals surface area contributed by atoms with Crippen LogP contribution in [0.4, 0.5) is 10.5 Å². The number of hydrogen-bond donors (Lipinski definition) is 3. The molecule has 34 heavy (non-hydrogen) atoms. The summed E-state index contributed by atoms with van der Waals surface area (Å²) in [5.41, 5.74) is 0.327. The van der Waals surface area contributed by atoms with Gasteiger partial charge in [-0.2, -0.15) is 5.26 Å². The highest BCUT2D eigenvalue weighted by molar-refractivity contribution is 6.37. The van der Waals surface area contributed by atoms with Crippen molar-refractivity contribution in [2.45, 2.75) is 13.8 Å². The predicted octanol–water partition coefficient (Wildman–Crippen LogP) is 4.42. The number of carbonyl (C=O) groups excluding carboxylic acids is 2. The molecule has 1 heterocycles. The number of carbonyl (C=O) groups is 2. The van der Waals surface area contributed by atoms with E-state index in [4.69, 9.17) is 27.9 Å². The van der Waals surface area contributed by atoms with Gasteiger partial charge in [-0.1, -0.05) is 35.3 Å². The highest BCUT2D eigenvalue weighted by Gasteiger charge is 2.17. The van der Waals surface area contributed by atoms with Gasteiger partial charge in [0.2, 0.25) is 5.88 Å². The number of amides is 2. The zero-order valence-corrected chi connectivity index (χ0v) is 19.4. The minimum absolute atomic E-state index is 0.0678. The summed E-state index contributed by atoms with van der Waals surface area (Å²) in [5.74, 6) is -0.761. The topological polar surface area (TPSA) is 146 Å². The Morgan fingerprint density at radius 2 is 1.97 bits per heavy atom. The maximum Gasteiger partial charge on any atom is 0.414 e. The van der Waals surface area contributed by atoms with Gasteiger partial charge in [0.25, 0.3) is 11.5 Å². The summed E-state index contributed by atoms with van der Waals surface area (Å²) >= 11 is 12.7. The van der Waals surface area contributed by atoms with Crippen molar-refractivity contribution in [3.8, 4) is 17.7 Å². The maximum atomic E-state index is 12.2. The Balaban J connectivity index is 1.85. The van der Waals surface area contributed by atoms with Crippen LogP contribution in [0, 0.1) is 18.3 Å². The number of nitrogens with zero attached hydrogens (tertiary/aromatic N) is 2. The lowest BCUT2D eigenvalue weighted by molar-refractivity contribution is -0.116. The molecule has 0 radical (unpaired) electrons. The molecule has 0 spiro atoms. The number of nitriles is 1. The van der Waals surface area contributed by atoms with Gasteiger partial charge < -0.3 is 14.8 Å². The summed E-state index contributed by atoms with van der Waals surface area (Å²) in [6.45, 7) is 3.43. The molecule has 0 bridgehead atoms. The Hall–Kier alpha value is -4.07. The van der Waals surface area contributed by atoms with Gasteiger partial charge >= 0.3 is 6.09 Å². The SMILES string of the molecule is CCOC(=O)NC(=O)/C(C#N)=C\Nc1cc(Cl)c(Oc2n[nH]c(=O)c3c(C)cccc23)c(Cl)c1. The molecule has 2 aromatic carbocycles. The van der Waals surface area contributed by atoms with Crippen molar-refractivity contribution in [2.75, 3.05) is 11.9 Å². The minimum Gasteiger partial charge on any atom is -0.450 e. The third-order valence-electron chi connectivity index (χ3n) is 4.43. The number of aromatic amines is 1. The van der Waals surface area contributed by atoms with Crippen LogP contribution >= 0.6 is 23.2 Å². The highest BCUT2D eigenvalue weighted by Crippen LogP contribution is 2.39. The van der Waals surface area contributed by atoms with Crippen molar-refractivity contribution in [2.24, 2.45) is 0 Å². The van der Waals surface area contributed by atoms with E-state index in [0.29, 0.717) is 16.5 Å². The summed E-state index contributed by atoms with van der Waals surface area (Å²) in [6.07, 6.45) is 0.108. The van der Waals surface area contributed by atoms with E-state index in [2.05, 4.69) is 20.3 Å². The molecule has 0 aliphatic heterocycles. The second-order valence-electron chi connectivity index (χ2n) is 6.72. The van der Waals surface area contributed by atoms with Crippen LogP contribution in [0.15, 0.2) is 46.9 Å². The Kier molecular flexibility index (Phi) is 7.73. The maximum absolute atomic E-state index is 12.2. The van der Waals surface area contributed by atoms with Gasteiger partial charge in [0.15, 0.2) is 5.75 Å². The van der Waals surface area contributed by atoms with Crippen LogP contribution in [0.1, 0.15) is 12.5 Å². The quantitative estimate of drug-likeness (QED) is 0.332. The van der Waals surface area contributed by atoms with Crippen LogP contribution in [0.25, 0.3) is 10.8 Å². The fraction of sp³-hybridized carbons (Fsp3) is 0.136. The molecule has 0 saturated carbocycles. The minimum atomic E-state index is -0.972. The van der Waals surface area contributed by atoms with E-state index in [-0.39, 0.29) is 39.4 Å². The fourth-order valence-electron chi connectivity index (χ4n) is 2.91. The van der Waals surface area contributed by atoms with Crippen molar-refractivity contribution in [1.29, 1.82) is 5.26 Å². The number of H-pyrrole nitrogens is 1. The van der Waals surface area contributed by atoms with Crippen LogP contribution in [-0.4, -0.2) is 28.8 Å². The molecule has 12 heteroatoms. The van der Waals surface area contributed by atoms with E-state index < -0.39 is 12.0 Å². The highest BCUT2D eigenvalue weighted by atomic mass is 35.5. The number of benzene rings is 2. The molecule has 0 saturated heterocycles. The lowest BCUT2D eigenvalue weighted by Crippen LogP contribution is -2.32. The van der Waals surface area contributed by atoms with Gasteiger partial charge in [0.1, 0.15) is 11.6 Å². The fourth-order valence-corrected chi connectivity index (χ4v) is 3.48. The van der Waals surface area contributed by atoms with Crippen molar-refractivity contribution in [1.82, 2.24) is 15.5 Å². The number of alkyl carbamates (subject to hydrolysis) is 1. The van der Waals surface area contributed by atoms with Gasteiger partial charge in [-0.25, -0.2) is 9.89 Å². The normalized spacial score (nSPS) is 11.0. The molecular weight excluding hydrogens is 485 g/mol. The van der Waals surface area contributed by atoms with Gasteiger partial charge in [0, 0.05) is 11.9 Å². The largest absolute Gasteiger partial charge is 0.450 e. The molecule has 0 aliphatic rings. The molecule has 0 aliphatic carbocycles. The number of anilines is 1. The van der Waals surface area contributed by atoms with E-state index >= 15 is 0 Å². The van der Waals surface area contributed by atoms with Crippen molar-refractivity contribution in [3.63, 3.8) is 0 Å². The van der Waals surface area contributed by atoms with E-state index in [1.807, 2.05) is 5.32 Å². The number of ether oxygens (including phenoxy) is 2. The van der Waals surface area contributed by atoms with Crippen LogP contribution in [0.5, 0.6) is 11.6 Å². The van der Waals surface area contributed by atoms with Gasteiger partial charge in [-0.05, 0) is 37.6 Å². The molecule has 1 aromatic heterocycles. The number of aryl methyl sites for hydroxylation is 1. The zero-order valence-electron chi connectivity index (χ0n) is 17.9. The number of halogens is 2. The molecule has 3 N–H and O–H groups in total. The molecule has 0 fully saturated rings. The second-order valence-corrected chi connectivity index (χ2v) is 7.53. The number of fused-ring (bicyclic) bond motifs is 1. The van der Waals surface area contributed by atoms with E-state index in [0.717, 1.165) is 11.8 Å². The van der Waals surface area contributed by atoms with E-state index in [1.165, 1.54) is 12.1 Å². The summed E-state index contributed by atoms with van der Waals surface area (Å²) < 4.78 is 10.4. The Bertz CT molecular complexity index is 1390. The van der Waals surface area contributed by atoms with Gasteiger partial charge in [0.05, 0.1) is 27.4 Å². The van der Waals surface area contributed by atoms with Crippen LogP contribution < -0.4 is 20.9 Å². The number of imide groups is 1. The lowest BCUT2D eigenvalue weighted by atomic mass is 10.1. The molecule has 10 nitrogen and oxygen atoms in total. The number of hydrogen-bond acceptors (Lipinski definition) is 8. The van der Waals surface area contributed by atoms with Gasteiger partial charge in [-0.15, -0.1) is 5.10 Å². The summed E-state index contributed by atoms with van der Waals surface area (Å²) in [6, 6.07) is 9.79. The molecule has 3 aromatic rings. The summed E-state index contributed by atoms with van der Waals surface area (Å²) in [4.78, 5) is 35.5. The second kappa shape index (κ2) is 10.7. The zero-order chi connectivity index (χ0) is 24.8. The summed E-state index contributed by atoms with van der Waals surface area (Å²) in [5, 5.41) is 21.2. The van der Waals surface area contributed by atoms with Crippen LogP contribution in [0.2, 0.25) is 10.0 Å². The number of rotatable bonds is 6. The third-order valence-corrected chi connectivity index (χ3v) is 4.99.